The standard InChI is InChI=1S/C63H73N3O16/c64-66-65-32-19-33-71-61-59(76-41-47-28-15-5-16-29-47)56(73-38-44-22-9-2-10-23-44)53(50(35-68)79-61)82-63-60(77-42-48-30-17-6-18-31-48)57(74-39-45-24-11-3-12-25-45)54(51(36-69)80-63)81-62-58(75-40-46-26-13-4-14-27-46)55(52(70)49(34-67)78-62)72-37-43-20-7-1-8-21-43/h1-18,20-31,49-63,67-70H,19,32-42H2/t49-,50-,51-,52+,53+,54+,55-,56-,57-,58-,59-,60-,61+,62-,63-/m0/s1. The molecular weight excluding hydrogens is 1050 g/mol. The summed E-state index contributed by atoms with van der Waals surface area (Å²) in [6, 6.07) is 57.1. The molecule has 0 bridgehead atoms. The van der Waals surface area contributed by atoms with E-state index in [1.54, 1.807) is 0 Å². The lowest BCUT2D eigenvalue weighted by Gasteiger charge is -2.51. The van der Waals surface area contributed by atoms with Crippen molar-refractivity contribution in [3.63, 3.8) is 0 Å². The zero-order chi connectivity index (χ0) is 56.7. The monoisotopic (exact) mass is 1130 g/mol. The summed E-state index contributed by atoms with van der Waals surface area (Å²) in [6.45, 7) is -1.11. The quantitative estimate of drug-likeness (QED) is 0.0148. The first-order chi connectivity index (χ1) is 40.4. The third kappa shape index (κ3) is 16.8. The Morgan fingerprint density at radius 1 is 0.366 bits per heavy atom. The van der Waals surface area contributed by atoms with Gasteiger partial charge >= 0.3 is 0 Å². The second-order valence-corrected chi connectivity index (χ2v) is 20.1. The highest BCUT2D eigenvalue weighted by atomic mass is 16.8. The van der Waals surface area contributed by atoms with E-state index in [4.69, 9.17) is 62.4 Å². The van der Waals surface area contributed by atoms with E-state index in [-0.39, 0.29) is 52.8 Å². The first-order valence-electron chi connectivity index (χ1n) is 27.8. The van der Waals surface area contributed by atoms with Crippen molar-refractivity contribution >= 4 is 0 Å². The van der Waals surface area contributed by atoms with Crippen molar-refractivity contribution in [1.29, 1.82) is 0 Å². The number of hydrogen-bond acceptors (Lipinski definition) is 17. The molecule has 4 N–H and O–H groups in total. The van der Waals surface area contributed by atoms with E-state index in [9.17, 15) is 20.4 Å². The predicted molar refractivity (Wildman–Crippen MR) is 298 cm³/mol. The van der Waals surface area contributed by atoms with Gasteiger partial charge in [0.1, 0.15) is 73.2 Å². The molecule has 3 saturated heterocycles. The summed E-state index contributed by atoms with van der Waals surface area (Å²) in [5.41, 5.74) is 13.9. The lowest BCUT2D eigenvalue weighted by Crippen LogP contribution is -2.68. The van der Waals surface area contributed by atoms with Crippen LogP contribution in [0.4, 0.5) is 0 Å². The minimum absolute atomic E-state index is 0.0282. The van der Waals surface area contributed by atoms with Crippen molar-refractivity contribution in [2.75, 3.05) is 33.0 Å². The fourth-order valence-corrected chi connectivity index (χ4v) is 10.2. The van der Waals surface area contributed by atoms with Crippen LogP contribution in [-0.4, -0.2) is 146 Å². The van der Waals surface area contributed by atoms with Crippen LogP contribution in [-0.2, 0) is 96.5 Å². The van der Waals surface area contributed by atoms with Crippen molar-refractivity contribution < 1.29 is 77.3 Å². The van der Waals surface area contributed by atoms with Gasteiger partial charge in [0.2, 0.25) is 0 Å². The van der Waals surface area contributed by atoms with Crippen molar-refractivity contribution in [2.24, 2.45) is 5.11 Å². The number of aliphatic hydroxyl groups is 4. The lowest BCUT2D eigenvalue weighted by molar-refractivity contribution is -0.393. The average molecular weight is 1130 g/mol. The van der Waals surface area contributed by atoms with Crippen LogP contribution >= 0.6 is 0 Å². The molecule has 3 heterocycles. The fourth-order valence-electron chi connectivity index (χ4n) is 10.2. The molecule has 0 saturated carbocycles. The van der Waals surface area contributed by atoms with Crippen LogP contribution < -0.4 is 0 Å². The molecule has 0 unspecified atom stereocenters. The van der Waals surface area contributed by atoms with Gasteiger partial charge in [-0.2, -0.15) is 0 Å². The average Bonchev–Trinajstić information content (AvgIpc) is 3.59. The first kappa shape index (κ1) is 60.6. The topological polar surface area (TPSA) is 240 Å². The van der Waals surface area contributed by atoms with E-state index in [2.05, 4.69) is 10.0 Å². The van der Waals surface area contributed by atoms with Crippen LogP contribution in [0.25, 0.3) is 10.4 Å². The molecule has 0 spiro atoms. The Morgan fingerprint density at radius 2 is 0.659 bits per heavy atom. The second-order valence-electron chi connectivity index (χ2n) is 20.1. The van der Waals surface area contributed by atoms with Gasteiger partial charge in [0, 0.05) is 18.1 Å². The Labute approximate surface area is 477 Å². The molecule has 3 fully saturated rings. The van der Waals surface area contributed by atoms with E-state index in [0.29, 0.717) is 6.42 Å². The SMILES string of the molecule is [N-]=[N+]=NCCCO[C@@H]1O[C@@H](CO)[C@@H](O[C@@H]2O[C@@H](CO)[C@@H](O[C@@H]3O[C@@H](CO)[C@@H](O)[C@H](OCc4ccccc4)[C@@H]3OCc3ccccc3)[C@H](OCc3ccccc3)[C@@H]2OCc2ccccc2)[C@H](OCc2ccccc2)[C@@H]1OCc1ccccc1. The van der Waals surface area contributed by atoms with Gasteiger partial charge in [-0.25, -0.2) is 0 Å². The minimum Gasteiger partial charge on any atom is -0.394 e. The molecule has 82 heavy (non-hydrogen) atoms. The summed E-state index contributed by atoms with van der Waals surface area (Å²) in [5, 5.41) is 49.3. The van der Waals surface area contributed by atoms with Crippen molar-refractivity contribution in [2.45, 2.75) is 138 Å². The fraction of sp³-hybridized carbons (Fsp3) is 0.429. The second kappa shape index (κ2) is 32.2. The van der Waals surface area contributed by atoms with Gasteiger partial charge in [0.05, 0.1) is 59.5 Å². The summed E-state index contributed by atoms with van der Waals surface area (Å²) in [4.78, 5) is 2.87. The molecule has 9 rings (SSSR count). The van der Waals surface area contributed by atoms with Gasteiger partial charge in [-0.15, -0.1) is 0 Å². The molecule has 19 nitrogen and oxygen atoms in total. The number of rotatable bonds is 30. The minimum atomic E-state index is -1.41. The smallest absolute Gasteiger partial charge is 0.187 e. The Kier molecular flexibility index (Phi) is 23.8. The van der Waals surface area contributed by atoms with Crippen LogP contribution in [0, 0.1) is 0 Å². The largest absolute Gasteiger partial charge is 0.394 e. The first-order valence-corrected chi connectivity index (χ1v) is 27.8. The number of benzene rings is 6. The van der Waals surface area contributed by atoms with Crippen LogP contribution in [0.15, 0.2) is 187 Å². The molecule has 6 aromatic rings. The van der Waals surface area contributed by atoms with Gasteiger partial charge in [-0.3, -0.25) is 0 Å². The Bertz CT molecular complexity index is 2760. The predicted octanol–water partition coefficient (Wildman–Crippen LogP) is 7.50. The Morgan fingerprint density at radius 3 is 1.00 bits per heavy atom. The Balaban J connectivity index is 1.10. The molecule has 19 heteroatoms. The summed E-state index contributed by atoms with van der Waals surface area (Å²) in [5.74, 6) is 0. The number of azide groups is 1. The number of hydrogen-bond donors (Lipinski definition) is 4. The highest BCUT2D eigenvalue weighted by Crippen LogP contribution is 2.38. The molecule has 0 amide bonds. The van der Waals surface area contributed by atoms with E-state index in [1.165, 1.54) is 0 Å². The van der Waals surface area contributed by atoms with Crippen LogP contribution in [0.2, 0.25) is 0 Å². The van der Waals surface area contributed by atoms with Gasteiger partial charge in [-0.1, -0.05) is 187 Å². The van der Waals surface area contributed by atoms with Crippen LogP contribution in [0.3, 0.4) is 0 Å². The van der Waals surface area contributed by atoms with Crippen molar-refractivity contribution in [1.82, 2.24) is 0 Å². The van der Waals surface area contributed by atoms with E-state index < -0.39 is 112 Å². The normalized spacial score (nSPS) is 28.3. The van der Waals surface area contributed by atoms with Crippen molar-refractivity contribution in [3.8, 4) is 0 Å². The van der Waals surface area contributed by atoms with E-state index in [1.807, 2.05) is 182 Å². The summed E-state index contributed by atoms with van der Waals surface area (Å²) in [6.07, 6.45) is -17.5. The molecular formula is C63H73N3O16. The maximum atomic E-state index is 11.9. The molecule has 3 aliphatic heterocycles. The Hall–Kier alpha value is -6.01. The maximum Gasteiger partial charge on any atom is 0.187 e. The molecule has 0 aliphatic carbocycles. The van der Waals surface area contributed by atoms with Crippen molar-refractivity contribution in [3.05, 3.63) is 226 Å². The molecule has 436 valence electrons. The highest BCUT2D eigenvalue weighted by Gasteiger charge is 2.56. The van der Waals surface area contributed by atoms with E-state index in [0.717, 1.165) is 33.4 Å². The van der Waals surface area contributed by atoms with Gasteiger partial charge in [0.25, 0.3) is 0 Å². The maximum absolute atomic E-state index is 11.9. The third-order valence-electron chi connectivity index (χ3n) is 14.4. The lowest BCUT2D eigenvalue weighted by atomic mass is 9.95. The van der Waals surface area contributed by atoms with Gasteiger partial charge in [-0.05, 0) is 45.3 Å². The van der Waals surface area contributed by atoms with E-state index >= 15 is 0 Å². The number of aliphatic hydroxyl groups excluding tert-OH is 4. The van der Waals surface area contributed by atoms with Gasteiger partial charge < -0.3 is 77.3 Å². The zero-order valence-corrected chi connectivity index (χ0v) is 45.5. The van der Waals surface area contributed by atoms with Crippen LogP contribution in [0.1, 0.15) is 39.8 Å². The molecule has 6 aromatic carbocycles. The van der Waals surface area contributed by atoms with Gasteiger partial charge in [0.15, 0.2) is 18.9 Å². The molecule has 0 radical (unpaired) electrons. The molecule has 3 aliphatic rings. The zero-order valence-electron chi connectivity index (χ0n) is 45.5. The number of nitrogens with zero attached hydrogens (tertiary/aromatic N) is 3. The summed E-state index contributed by atoms with van der Waals surface area (Å²) >= 11 is 0. The molecule has 0 aromatic heterocycles. The third-order valence-corrected chi connectivity index (χ3v) is 14.4. The highest BCUT2D eigenvalue weighted by molar-refractivity contribution is 5.18. The summed E-state index contributed by atoms with van der Waals surface area (Å²) < 4.78 is 81.4. The summed E-state index contributed by atoms with van der Waals surface area (Å²) in [7, 11) is 0. The van der Waals surface area contributed by atoms with Crippen LogP contribution in [0.5, 0.6) is 0 Å². The number of ether oxygens (including phenoxy) is 12. The molecule has 15 atom stereocenters.